The van der Waals surface area contributed by atoms with Crippen molar-refractivity contribution in [3.8, 4) is 0 Å². The zero-order chi connectivity index (χ0) is 18.1. The monoisotopic (exact) mass is 339 g/mol. The van der Waals surface area contributed by atoms with Crippen LogP contribution in [-0.2, 0) is 4.79 Å². The summed E-state index contributed by atoms with van der Waals surface area (Å²) in [6.45, 7) is 4.33. The van der Waals surface area contributed by atoms with Gasteiger partial charge in [0.05, 0.1) is 17.1 Å². The molecule has 5 nitrogen and oxygen atoms in total. The summed E-state index contributed by atoms with van der Waals surface area (Å²) in [5, 5.41) is 13.3. The molecule has 2 rings (SSSR count). The summed E-state index contributed by atoms with van der Waals surface area (Å²) in [6, 6.07) is 13.9. The van der Waals surface area contributed by atoms with E-state index >= 15 is 0 Å². The third kappa shape index (κ3) is 6.37. The van der Waals surface area contributed by atoms with Crippen LogP contribution in [0.1, 0.15) is 56.7 Å². The minimum absolute atomic E-state index is 0.180. The first-order valence-electron chi connectivity index (χ1n) is 8.62. The van der Waals surface area contributed by atoms with Crippen molar-refractivity contribution in [2.75, 3.05) is 5.43 Å². The van der Waals surface area contributed by atoms with Crippen molar-refractivity contribution in [1.29, 1.82) is 0 Å². The molecule has 0 unspecified atom stereocenters. The molecule has 0 radical (unpaired) electrons. The van der Waals surface area contributed by atoms with Gasteiger partial charge in [0.1, 0.15) is 0 Å². The van der Waals surface area contributed by atoms with Crippen LogP contribution in [0, 0.1) is 0 Å². The molecule has 0 aliphatic carbocycles. The Morgan fingerprint density at radius 1 is 1.12 bits per heavy atom. The number of carbonyl (C=O) groups is 1. The summed E-state index contributed by atoms with van der Waals surface area (Å²) in [5.41, 5.74) is 6.94. The van der Waals surface area contributed by atoms with Crippen LogP contribution in [0.5, 0.6) is 0 Å². The molecule has 5 heteroatoms. The van der Waals surface area contributed by atoms with Crippen molar-refractivity contribution in [3.05, 3.63) is 59.9 Å². The van der Waals surface area contributed by atoms with Crippen molar-refractivity contribution in [2.45, 2.75) is 45.4 Å². The molecule has 2 aromatic rings. The van der Waals surface area contributed by atoms with E-state index in [9.17, 15) is 4.79 Å². The van der Waals surface area contributed by atoms with E-state index in [0.29, 0.717) is 18.8 Å². The Hall–Kier alpha value is -2.69. The van der Waals surface area contributed by atoms with Crippen LogP contribution in [-0.4, -0.2) is 21.8 Å². The van der Waals surface area contributed by atoms with Crippen molar-refractivity contribution in [1.82, 2.24) is 4.98 Å². The second-order valence-electron chi connectivity index (χ2n) is 6.26. The minimum atomic E-state index is -0.764. The maximum atomic E-state index is 10.6. The molecule has 0 spiro atoms. The first-order valence-corrected chi connectivity index (χ1v) is 8.62. The van der Waals surface area contributed by atoms with Crippen molar-refractivity contribution >= 4 is 17.4 Å². The highest BCUT2D eigenvalue weighted by Gasteiger charge is 2.06. The Balaban J connectivity index is 2.05. The number of hydrazone groups is 1. The first-order chi connectivity index (χ1) is 12.1. The fourth-order valence-corrected chi connectivity index (χ4v) is 2.42. The van der Waals surface area contributed by atoms with E-state index in [1.807, 2.05) is 30.3 Å². The number of pyridine rings is 1. The molecule has 25 heavy (non-hydrogen) atoms. The lowest BCUT2D eigenvalue weighted by atomic mass is 10.0. The van der Waals surface area contributed by atoms with E-state index in [1.165, 1.54) is 5.56 Å². The average Bonchev–Trinajstić information content (AvgIpc) is 2.62. The maximum Gasteiger partial charge on any atom is 0.303 e. The summed E-state index contributed by atoms with van der Waals surface area (Å²) >= 11 is 0. The Morgan fingerprint density at radius 3 is 2.44 bits per heavy atom. The lowest BCUT2D eigenvalue weighted by Gasteiger charge is -2.09. The predicted octanol–water partition coefficient (Wildman–Crippen LogP) is 4.67. The van der Waals surface area contributed by atoms with Gasteiger partial charge in [0.2, 0.25) is 0 Å². The molecule has 0 saturated heterocycles. The summed E-state index contributed by atoms with van der Waals surface area (Å²) in [4.78, 5) is 15.0. The van der Waals surface area contributed by atoms with Crippen LogP contribution in [0.2, 0.25) is 0 Å². The summed E-state index contributed by atoms with van der Waals surface area (Å²) in [5.74, 6) is -0.268. The van der Waals surface area contributed by atoms with Crippen molar-refractivity contribution < 1.29 is 9.90 Å². The Labute approximate surface area is 148 Å². The lowest BCUT2D eigenvalue weighted by molar-refractivity contribution is -0.137. The van der Waals surface area contributed by atoms with Crippen LogP contribution in [0.4, 0.5) is 5.69 Å². The molecule has 1 aromatic carbocycles. The van der Waals surface area contributed by atoms with Gasteiger partial charge in [-0.05, 0) is 55.0 Å². The largest absolute Gasteiger partial charge is 0.481 e. The molecular formula is C20H25N3O2. The number of unbranched alkanes of at least 4 members (excludes halogenated alkanes) is 1. The van der Waals surface area contributed by atoms with E-state index in [1.54, 1.807) is 6.20 Å². The van der Waals surface area contributed by atoms with E-state index in [0.717, 1.165) is 23.5 Å². The van der Waals surface area contributed by atoms with E-state index in [2.05, 4.69) is 41.5 Å². The molecular weight excluding hydrogens is 314 g/mol. The fourth-order valence-electron chi connectivity index (χ4n) is 2.42. The van der Waals surface area contributed by atoms with Crippen LogP contribution in [0.15, 0.2) is 53.8 Å². The molecule has 0 amide bonds. The third-order valence-corrected chi connectivity index (χ3v) is 3.91. The number of nitrogens with zero attached hydrogens (tertiary/aromatic N) is 2. The van der Waals surface area contributed by atoms with Gasteiger partial charge in [0.15, 0.2) is 0 Å². The Kier molecular flexibility index (Phi) is 7.14. The fraction of sp³-hybridized carbons (Fsp3) is 0.350. The lowest BCUT2D eigenvalue weighted by Crippen LogP contribution is -2.07. The smallest absolute Gasteiger partial charge is 0.303 e. The Morgan fingerprint density at radius 2 is 1.84 bits per heavy atom. The van der Waals surface area contributed by atoms with Gasteiger partial charge >= 0.3 is 5.97 Å². The zero-order valence-corrected chi connectivity index (χ0v) is 14.8. The second-order valence-corrected chi connectivity index (χ2v) is 6.26. The van der Waals surface area contributed by atoms with Gasteiger partial charge in [0.25, 0.3) is 0 Å². The van der Waals surface area contributed by atoms with Gasteiger partial charge in [-0.25, -0.2) is 0 Å². The van der Waals surface area contributed by atoms with Gasteiger partial charge in [-0.1, -0.05) is 32.0 Å². The summed E-state index contributed by atoms with van der Waals surface area (Å²) in [7, 11) is 0. The van der Waals surface area contributed by atoms with Gasteiger partial charge in [-0.2, -0.15) is 5.10 Å². The molecule has 0 fully saturated rings. The number of aliphatic carboxylic acids is 1. The highest BCUT2D eigenvalue weighted by molar-refractivity contribution is 5.99. The molecule has 0 saturated carbocycles. The zero-order valence-electron chi connectivity index (χ0n) is 14.8. The van der Waals surface area contributed by atoms with Gasteiger partial charge < -0.3 is 5.11 Å². The number of hydrogen-bond acceptors (Lipinski definition) is 4. The normalized spacial score (nSPS) is 11.6. The van der Waals surface area contributed by atoms with Gasteiger partial charge in [-0.15, -0.1) is 0 Å². The highest BCUT2D eigenvalue weighted by atomic mass is 16.4. The quantitative estimate of drug-likeness (QED) is 0.396. The predicted molar refractivity (Wildman–Crippen MR) is 101 cm³/mol. The molecule has 0 atom stereocenters. The maximum absolute atomic E-state index is 10.6. The van der Waals surface area contributed by atoms with Crippen molar-refractivity contribution in [3.63, 3.8) is 0 Å². The number of aromatic nitrogens is 1. The van der Waals surface area contributed by atoms with Crippen LogP contribution < -0.4 is 5.43 Å². The molecule has 0 bridgehead atoms. The number of rotatable bonds is 9. The third-order valence-electron chi connectivity index (χ3n) is 3.91. The van der Waals surface area contributed by atoms with Gasteiger partial charge in [-0.3, -0.25) is 15.2 Å². The summed E-state index contributed by atoms with van der Waals surface area (Å²) in [6.07, 6.45) is 3.99. The number of nitrogens with one attached hydrogen (secondary N) is 1. The molecule has 0 aliphatic heterocycles. The molecule has 2 N–H and O–H groups in total. The molecule has 1 heterocycles. The minimum Gasteiger partial charge on any atom is -0.481 e. The van der Waals surface area contributed by atoms with Crippen LogP contribution >= 0.6 is 0 Å². The Bertz CT molecular complexity index is 695. The molecule has 0 aliphatic rings. The number of anilines is 1. The van der Waals surface area contributed by atoms with Gasteiger partial charge in [0, 0.05) is 12.6 Å². The number of carboxylic acids is 1. The van der Waals surface area contributed by atoms with E-state index in [-0.39, 0.29) is 6.42 Å². The van der Waals surface area contributed by atoms with Crippen molar-refractivity contribution in [2.24, 2.45) is 5.10 Å². The van der Waals surface area contributed by atoms with Crippen LogP contribution in [0.3, 0.4) is 0 Å². The number of carboxylic acid groups (broad SMARTS) is 1. The molecule has 1 aromatic heterocycles. The average molecular weight is 339 g/mol. The number of benzene rings is 1. The first kappa shape index (κ1) is 18.6. The molecule has 132 valence electrons. The van der Waals surface area contributed by atoms with E-state index in [4.69, 9.17) is 5.11 Å². The topological polar surface area (TPSA) is 74.6 Å². The SMILES string of the molecule is CC(C)c1ccc(NN=C(CCCCC(=O)O)c2ccccn2)cc1. The van der Waals surface area contributed by atoms with Crippen LogP contribution in [0.25, 0.3) is 0 Å². The standard InChI is InChI=1S/C20H25N3O2/c1-15(2)16-10-12-17(13-11-16)22-23-19(8-3-4-9-20(24)25)18-7-5-6-14-21-18/h5-7,10-15,22H,3-4,8-9H2,1-2H3,(H,24,25). The van der Waals surface area contributed by atoms with E-state index < -0.39 is 5.97 Å². The second kappa shape index (κ2) is 9.57. The highest BCUT2D eigenvalue weighted by Crippen LogP contribution is 2.17. The summed E-state index contributed by atoms with van der Waals surface area (Å²) < 4.78 is 0. The number of hydrogen-bond donors (Lipinski definition) is 2.